The number of thiazole rings is 1. The van der Waals surface area contributed by atoms with E-state index in [0.717, 1.165) is 0 Å². The molecular weight excluding hydrogens is 483 g/mol. The number of pyridine rings is 1. The minimum absolute atomic E-state index is 0.307. The highest BCUT2D eigenvalue weighted by atomic mass is 35.5. The number of esters is 1. The number of piperidine rings is 1. The van der Waals surface area contributed by atoms with Gasteiger partial charge in [-0.2, -0.15) is 0 Å². The molecule has 1 aromatic carbocycles. The fourth-order valence-electron chi connectivity index (χ4n) is 4.11. The van der Waals surface area contributed by atoms with Gasteiger partial charge in [0.05, 0.1) is 43.1 Å². The van der Waals surface area contributed by atoms with Crippen molar-refractivity contribution in [2.75, 3.05) is 32.2 Å². The van der Waals surface area contributed by atoms with Crippen LogP contribution in [0, 0.1) is 5.82 Å². The highest BCUT2D eigenvalue weighted by Crippen LogP contribution is 2.37. The van der Waals surface area contributed by atoms with Crippen molar-refractivity contribution in [3.8, 4) is 11.3 Å². The summed E-state index contributed by atoms with van der Waals surface area (Å²) in [6.07, 6.45) is 2.30. The summed E-state index contributed by atoms with van der Waals surface area (Å²) in [7, 11) is 2.60. The standard InChI is InChI=1S/C23H22ClFN4O4S/c1-32-20(30)16-10-17(14-4-6-15(25)7-5-14)26-11-18(16)29-9-3-8-23(13-29,28-22(31)33-2)19-12-34-21(24)27-19/h4-7,10-12H,3,8-9,13H2,1-2H3,(H,28,31). The van der Waals surface area contributed by atoms with Crippen molar-refractivity contribution in [2.45, 2.75) is 18.4 Å². The molecule has 8 nitrogen and oxygen atoms in total. The Morgan fingerprint density at radius 1 is 1.24 bits per heavy atom. The molecular formula is C23H22ClFN4O4S. The van der Waals surface area contributed by atoms with Crippen LogP contribution in [0.25, 0.3) is 11.3 Å². The fraction of sp³-hybridized carbons (Fsp3) is 0.304. The molecule has 1 amide bonds. The largest absolute Gasteiger partial charge is 0.465 e. The third-order valence-corrected chi connectivity index (χ3v) is 6.73. The van der Waals surface area contributed by atoms with E-state index in [4.69, 9.17) is 21.1 Å². The molecule has 0 spiro atoms. The van der Waals surface area contributed by atoms with Gasteiger partial charge in [0.25, 0.3) is 0 Å². The summed E-state index contributed by atoms with van der Waals surface area (Å²) in [4.78, 5) is 35.8. The Morgan fingerprint density at radius 3 is 2.65 bits per heavy atom. The van der Waals surface area contributed by atoms with Crippen LogP contribution in [0.2, 0.25) is 4.47 Å². The monoisotopic (exact) mass is 504 g/mol. The summed E-state index contributed by atoms with van der Waals surface area (Å²) in [5.74, 6) is -0.895. The number of alkyl carbamates (subject to hydrolysis) is 1. The minimum atomic E-state index is -0.877. The van der Waals surface area contributed by atoms with E-state index in [2.05, 4.69) is 15.3 Å². The predicted molar refractivity (Wildman–Crippen MR) is 127 cm³/mol. The molecule has 1 N–H and O–H groups in total. The third kappa shape index (κ3) is 4.83. The zero-order chi connectivity index (χ0) is 24.3. The first-order chi connectivity index (χ1) is 16.3. The average molecular weight is 505 g/mol. The number of nitrogens with one attached hydrogen (secondary N) is 1. The molecule has 1 saturated heterocycles. The van der Waals surface area contributed by atoms with Gasteiger partial charge in [0.1, 0.15) is 11.4 Å². The van der Waals surface area contributed by atoms with Crippen molar-refractivity contribution < 1.29 is 23.5 Å². The van der Waals surface area contributed by atoms with Crippen LogP contribution in [-0.2, 0) is 15.0 Å². The molecule has 178 valence electrons. The van der Waals surface area contributed by atoms with Crippen LogP contribution in [0.4, 0.5) is 14.9 Å². The van der Waals surface area contributed by atoms with E-state index in [1.807, 2.05) is 4.90 Å². The van der Waals surface area contributed by atoms with E-state index in [0.29, 0.717) is 58.6 Å². The topological polar surface area (TPSA) is 93.6 Å². The number of benzene rings is 1. The Labute approximate surface area is 204 Å². The van der Waals surface area contributed by atoms with Crippen molar-refractivity contribution in [3.05, 3.63) is 63.5 Å². The summed E-state index contributed by atoms with van der Waals surface area (Å²) < 4.78 is 23.6. The number of aromatic nitrogens is 2. The molecule has 3 heterocycles. The Kier molecular flexibility index (Phi) is 6.99. The van der Waals surface area contributed by atoms with Gasteiger partial charge in [-0.15, -0.1) is 11.3 Å². The molecule has 4 rings (SSSR count). The van der Waals surface area contributed by atoms with E-state index >= 15 is 0 Å². The first-order valence-electron chi connectivity index (χ1n) is 10.4. The lowest BCUT2D eigenvalue weighted by Gasteiger charge is -2.43. The van der Waals surface area contributed by atoms with Gasteiger partial charge in [0.15, 0.2) is 4.47 Å². The Hall–Kier alpha value is -3.24. The molecule has 0 aliphatic carbocycles. The lowest BCUT2D eigenvalue weighted by atomic mass is 9.86. The predicted octanol–water partition coefficient (Wildman–Crippen LogP) is 4.64. The lowest BCUT2D eigenvalue weighted by Crippen LogP contribution is -2.57. The lowest BCUT2D eigenvalue weighted by molar-refractivity contribution is 0.0601. The van der Waals surface area contributed by atoms with Crippen molar-refractivity contribution >= 4 is 40.7 Å². The second kappa shape index (κ2) is 9.94. The fourth-order valence-corrected chi connectivity index (χ4v) is 4.97. The van der Waals surface area contributed by atoms with E-state index in [-0.39, 0.29) is 5.82 Å². The van der Waals surface area contributed by atoms with Crippen molar-refractivity contribution in [2.24, 2.45) is 0 Å². The molecule has 34 heavy (non-hydrogen) atoms. The van der Waals surface area contributed by atoms with E-state index in [1.54, 1.807) is 29.8 Å². The van der Waals surface area contributed by atoms with Crippen molar-refractivity contribution in [1.29, 1.82) is 0 Å². The number of methoxy groups -OCH3 is 2. The number of hydrogen-bond acceptors (Lipinski definition) is 8. The third-order valence-electron chi connectivity index (χ3n) is 5.75. The summed E-state index contributed by atoms with van der Waals surface area (Å²) >= 11 is 7.36. The number of carbonyl (C=O) groups is 2. The number of amides is 1. The molecule has 1 fully saturated rings. The number of halogens is 2. The maximum absolute atomic E-state index is 13.3. The molecule has 1 aliphatic heterocycles. The van der Waals surface area contributed by atoms with Crippen LogP contribution in [0.1, 0.15) is 28.9 Å². The molecule has 3 aromatic rings. The molecule has 0 bridgehead atoms. The number of carbonyl (C=O) groups excluding carboxylic acids is 2. The Bertz CT molecular complexity index is 1210. The number of anilines is 1. The van der Waals surface area contributed by atoms with Crippen molar-refractivity contribution in [3.63, 3.8) is 0 Å². The summed E-state index contributed by atoms with van der Waals surface area (Å²) in [5.41, 5.74) is 1.77. The molecule has 1 aliphatic rings. The zero-order valence-electron chi connectivity index (χ0n) is 18.5. The quantitative estimate of drug-likeness (QED) is 0.506. The second-order valence-corrected chi connectivity index (χ2v) is 9.23. The van der Waals surface area contributed by atoms with Gasteiger partial charge in [-0.1, -0.05) is 11.6 Å². The normalized spacial score (nSPS) is 17.8. The maximum atomic E-state index is 13.3. The van der Waals surface area contributed by atoms with Crippen LogP contribution < -0.4 is 10.2 Å². The SMILES string of the molecule is COC(=O)NC1(c2csc(Cl)n2)CCCN(c2cnc(-c3ccc(F)cc3)cc2C(=O)OC)C1. The number of nitrogens with zero attached hydrogens (tertiary/aromatic N) is 3. The second-order valence-electron chi connectivity index (χ2n) is 7.79. The molecule has 0 saturated carbocycles. The molecule has 1 atom stereocenters. The minimum Gasteiger partial charge on any atom is -0.465 e. The molecule has 0 radical (unpaired) electrons. The highest BCUT2D eigenvalue weighted by Gasteiger charge is 2.42. The van der Waals surface area contributed by atoms with Gasteiger partial charge in [-0.25, -0.2) is 19.0 Å². The van der Waals surface area contributed by atoms with E-state index < -0.39 is 17.6 Å². The molecule has 11 heteroatoms. The summed E-state index contributed by atoms with van der Waals surface area (Å²) in [5, 5.41) is 4.73. The molecule has 2 aromatic heterocycles. The first kappa shape index (κ1) is 23.9. The number of ether oxygens (including phenoxy) is 2. The van der Waals surface area contributed by atoms with Crippen LogP contribution in [0.5, 0.6) is 0 Å². The van der Waals surface area contributed by atoms with Crippen LogP contribution in [0.15, 0.2) is 41.9 Å². The number of rotatable bonds is 5. The molecule has 1 unspecified atom stereocenters. The Morgan fingerprint density at radius 2 is 2.00 bits per heavy atom. The van der Waals surface area contributed by atoms with E-state index in [1.165, 1.54) is 37.7 Å². The van der Waals surface area contributed by atoms with Crippen LogP contribution in [0.3, 0.4) is 0 Å². The highest BCUT2D eigenvalue weighted by molar-refractivity contribution is 7.14. The van der Waals surface area contributed by atoms with Crippen LogP contribution >= 0.6 is 22.9 Å². The summed E-state index contributed by atoms with van der Waals surface area (Å²) in [6, 6.07) is 7.48. The zero-order valence-corrected chi connectivity index (χ0v) is 20.1. The smallest absolute Gasteiger partial charge is 0.407 e. The van der Waals surface area contributed by atoms with Gasteiger partial charge in [0.2, 0.25) is 0 Å². The van der Waals surface area contributed by atoms with Gasteiger partial charge in [-0.3, -0.25) is 4.98 Å². The van der Waals surface area contributed by atoms with Crippen molar-refractivity contribution in [1.82, 2.24) is 15.3 Å². The van der Waals surface area contributed by atoms with Gasteiger partial charge in [-0.05, 0) is 43.2 Å². The first-order valence-corrected chi connectivity index (χ1v) is 11.7. The summed E-state index contributed by atoms with van der Waals surface area (Å²) in [6.45, 7) is 0.924. The van der Waals surface area contributed by atoms with E-state index in [9.17, 15) is 14.0 Å². The van der Waals surface area contributed by atoms with Crippen LogP contribution in [-0.4, -0.2) is 49.3 Å². The van der Waals surface area contributed by atoms with Gasteiger partial charge < -0.3 is 19.7 Å². The number of hydrogen-bond donors (Lipinski definition) is 1. The Balaban J connectivity index is 1.74. The maximum Gasteiger partial charge on any atom is 0.407 e. The van der Waals surface area contributed by atoms with Gasteiger partial charge in [0, 0.05) is 24.0 Å². The average Bonchev–Trinajstić information content (AvgIpc) is 3.30. The van der Waals surface area contributed by atoms with Gasteiger partial charge >= 0.3 is 12.1 Å².